The summed E-state index contributed by atoms with van der Waals surface area (Å²) >= 11 is 1.45. The van der Waals surface area contributed by atoms with E-state index >= 15 is 0 Å². The van der Waals surface area contributed by atoms with Crippen molar-refractivity contribution in [3.8, 4) is 0 Å². The van der Waals surface area contributed by atoms with E-state index in [-0.39, 0.29) is 17.4 Å². The first-order chi connectivity index (χ1) is 12.6. The predicted octanol–water partition coefficient (Wildman–Crippen LogP) is 3.39. The van der Waals surface area contributed by atoms with Crippen LogP contribution in [0.4, 0.5) is 9.52 Å². The largest absolute Gasteiger partial charge is 0.361 e. The molecule has 6 nitrogen and oxygen atoms in total. The molecular weight excluding hydrogens is 355 g/mol. The van der Waals surface area contributed by atoms with Crippen molar-refractivity contribution in [2.24, 2.45) is 0 Å². The van der Waals surface area contributed by atoms with Crippen molar-refractivity contribution in [3.63, 3.8) is 0 Å². The number of hydrogen-bond acceptors (Lipinski definition) is 6. The number of benzene rings is 1. The smallest absolute Gasteiger partial charge is 0.279 e. The van der Waals surface area contributed by atoms with Gasteiger partial charge in [-0.15, -0.1) is 11.3 Å². The minimum Gasteiger partial charge on any atom is -0.361 e. The highest BCUT2D eigenvalue weighted by molar-refractivity contribution is 7.15. The van der Waals surface area contributed by atoms with Gasteiger partial charge in [0.15, 0.2) is 10.8 Å². The molecule has 3 heterocycles. The number of aromatic nitrogens is 2. The lowest BCUT2D eigenvalue weighted by molar-refractivity contribution is 0.101. The second-order valence-corrected chi connectivity index (χ2v) is 7.30. The second kappa shape index (κ2) is 6.97. The molecule has 0 spiro atoms. The lowest BCUT2D eigenvalue weighted by Gasteiger charge is -2.25. The lowest BCUT2D eigenvalue weighted by atomic mass is 10.1. The molecule has 0 fully saturated rings. The van der Waals surface area contributed by atoms with Gasteiger partial charge in [0.25, 0.3) is 5.91 Å². The summed E-state index contributed by atoms with van der Waals surface area (Å²) in [6.07, 6.45) is 0.777. The summed E-state index contributed by atoms with van der Waals surface area (Å²) in [6.45, 7) is 3.79. The van der Waals surface area contributed by atoms with E-state index in [0.717, 1.165) is 23.5 Å². The molecule has 1 aliphatic rings. The van der Waals surface area contributed by atoms with Crippen molar-refractivity contribution in [3.05, 3.63) is 63.7 Å². The zero-order valence-corrected chi connectivity index (χ0v) is 15.0. The third kappa shape index (κ3) is 3.51. The molecule has 0 atom stereocenters. The van der Waals surface area contributed by atoms with Crippen LogP contribution in [-0.2, 0) is 19.5 Å². The highest BCUT2D eigenvalue weighted by Crippen LogP contribution is 2.29. The number of fused-ring (bicyclic) bond motifs is 1. The first-order valence-electron chi connectivity index (χ1n) is 8.27. The predicted molar refractivity (Wildman–Crippen MR) is 95.5 cm³/mol. The van der Waals surface area contributed by atoms with Gasteiger partial charge in [-0.05, 0) is 13.0 Å². The molecule has 0 unspecified atom stereocenters. The van der Waals surface area contributed by atoms with Crippen molar-refractivity contribution in [2.75, 3.05) is 11.9 Å². The summed E-state index contributed by atoms with van der Waals surface area (Å²) in [5, 5.41) is 7.03. The Morgan fingerprint density at radius 3 is 3.04 bits per heavy atom. The van der Waals surface area contributed by atoms with E-state index in [2.05, 4.69) is 20.4 Å². The second-order valence-electron chi connectivity index (χ2n) is 6.22. The first-order valence-corrected chi connectivity index (χ1v) is 9.09. The van der Waals surface area contributed by atoms with Gasteiger partial charge in [0.1, 0.15) is 11.6 Å². The average molecular weight is 372 g/mol. The molecule has 1 N–H and O–H groups in total. The summed E-state index contributed by atoms with van der Waals surface area (Å²) in [6, 6.07) is 8.42. The van der Waals surface area contributed by atoms with Crippen LogP contribution in [0.2, 0.25) is 0 Å². The number of nitrogens with one attached hydrogen (secondary N) is 1. The number of aryl methyl sites for hydroxylation is 1. The fourth-order valence-corrected chi connectivity index (χ4v) is 3.98. The van der Waals surface area contributed by atoms with Gasteiger partial charge in [0.05, 0.1) is 5.69 Å². The molecule has 1 aliphatic heterocycles. The van der Waals surface area contributed by atoms with Crippen molar-refractivity contribution in [1.82, 2.24) is 15.0 Å². The molecule has 0 saturated heterocycles. The van der Waals surface area contributed by atoms with E-state index < -0.39 is 0 Å². The maximum Gasteiger partial charge on any atom is 0.279 e. The Morgan fingerprint density at radius 1 is 1.42 bits per heavy atom. The number of halogens is 1. The maximum absolute atomic E-state index is 13.9. The number of thiazole rings is 1. The number of rotatable bonds is 4. The van der Waals surface area contributed by atoms with Gasteiger partial charge in [0.2, 0.25) is 0 Å². The molecule has 0 aliphatic carbocycles. The van der Waals surface area contributed by atoms with E-state index in [4.69, 9.17) is 4.52 Å². The van der Waals surface area contributed by atoms with Crippen molar-refractivity contribution in [2.45, 2.75) is 26.4 Å². The molecule has 1 aromatic carbocycles. The van der Waals surface area contributed by atoms with Gasteiger partial charge in [-0.3, -0.25) is 15.0 Å². The summed E-state index contributed by atoms with van der Waals surface area (Å²) < 4.78 is 18.8. The zero-order valence-electron chi connectivity index (χ0n) is 14.2. The Labute approximate surface area is 153 Å². The van der Waals surface area contributed by atoms with Crippen LogP contribution in [0.3, 0.4) is 0 Å². The number of nitrogens with zero attached hydrogens (tertiary/aromatic N) is 3. The van der Waals surface area contributed by atoms with Gasteiger partial charge in [0, 0.05) is 42.6 Å². The Balaban J connectivity index is 1.44. The Morgan fingerprint density at radius 2 is 2.27 bits per heavy atom. The monoisotopic (exact) mass is 372 g/mol. The molecule has 2 aromatic heterocycles. The van der Waals surface area contributed by atoms with Crippen molar-refractivity contribution < 1.29 is 13.7 Å². The quantitative estimate of drug-likeness (QED) is 0.760. The minimum atomic E-state index is -0.337. The third-order valence-electron chi connectivity index (χ3n) is 4.24. The molecule has 26 heavy (non-hydrogen) atoms. The van der Waals surface area contributed by atoms with Crippen molar-refractivity contribution in [1.29, 1.82) is 0 Å². The lowest BCUT2D eigenvalue weighted by Crippen LogP contribution is -2.29. The first kappa shape index (κ1) is 16.9. The summed E-state index contributed by atoms with van der Waals surface area (Å²) in [5.41, 5.74) is 1.92. The van der Waals surface area contributed by atoms with Crippen LogP contribution in [0.15, 0.2) is 34.9 Å². The van der Waals surface area contributed by atoms with Crippen LogP contribution in [-0.4, -0.2) is 27.5 Å². The Kier molecular flexibility index (Phi) is 4.52. The summed E-state index contributed by atoms with van der Waals surface area (Å²) in [4.78, 5) is 20.0. The molecule has 3 aromatic rings. The number of carbonyl (C=O) groups is 1. The average Bonchev–Trinajstić information content (AvgIpc) is 3.22. The topological polar surface area (TPSA) is 71.3 Å². The van der Waals surface area contributed by atoms with Gasteiger partial charge >= 0.3 is 0 Å². The normalized spacial score (nSPS) is 14.2. The zero-order chi connectivity index (χ0) is 18.1. The van der Waals surface area contributed by atoms with Crippen LogP contribution in [0.1, 0.15) is 32.4 Å². The van der Waals surface area contributed by atoms with Gasteiger partial charge in [-0.25, -0.2) is 9.37 Å². The van der Waals surface area contributed by atoms with E-state index in [9.17, 15) is 9.18 Å². The van der Waals surface area contributed by atoms with Crippen LogP contribution in [0.25, 0.3) is 0 Å². The Hall–Kier alpha value is -2.58. The van der Waals surface area contributed by atoms with Crippen LogP contribution in [0, 0.1) is 12.7 Å². The number of hydrogen-bond donors (Lipinski definition) is 1. The van der Waals surface area contributed by atoms with Gasteiger partial charge < -0.3 is 4.52 Å². The van der Waals surface area contributed by atoms with Crippen LogP contribution < -0.4 is 5.32 Å². The van der Waals surface area contributed by atoms with Crippen molar-refractivity contribution >= 4 is 22.4 Å². The molecular formula is C18H17FN4O2S. The van der Waals surface area contributed by atoms with E-state index in [1.165, 1.54) is 17.4 Å². The molecule has 1 amide bonds. The molecule has 4 rings (SSSR count). The van der Waals surface area contributed by atoms with Gasteiger partial charge in [-0.1, -0.05) is 23.4 Å². The third-order valence-corrected chi connectivity index (χ3v) is 5.24. The van der Waals surface area contributed by atoms with Crippen LogP contribution >= 0.6 is 11.3 Å². The fraction of sp³-hybridized carbons (Fsp3) is 0.278. The molecule has 134 valence electrons. The van der Waals surface area contributed by atoms with E-state index in [1.54, 1.807) is 19.1 Å². The minimum absolute atomic E-state index is 0.182. The molecule has 0 bridgehead atoms. The maximum atomic E-state index is 13.9. The van der Waals surface area contributed by atoms with E-state index in [1.807, 2.05) is 12.1 Å². The highest BCUT2D eigenvalue weighted by Gasteiger charge is 2.22. The van der Waals surface area contributed by atoms with E-state index in [0.29, 0.717) is 29.5 Å². The number of carbonyl (C=O) groups excluding carboxylic acids is 1. The number of amides is 1. The molecule has 0 saturated carbocycles. The fourth-order valence-electron chi connectivity index (χ4n) is 2.94. The number of anilines is 1. The Bertz CT molecular complexity index is 952. The standard InChI is InChI=1S/C18H17FN4O2S/c1-11-8-15(22-25-11)17(24)21-18-20-14-6-7-23(10-16(14)26-18)9-12-4-2-3-5-13(12)19/h2-5,8H,6-7,9-10H2,1H3,(H,20,21,24). The summed E-state index contributed by atoms with van der Waals surface area (Å²) in [5.74, 6) is 0.0620. The van der Waals surface area contributed by atoms with Crippen LogP contribution in [0.5, 0.6) is 0 Å². The molecule has 0 radical (unpaired) electrons. The SMILES string of the molecule is Cc1cc(C(=O)Nc2nc3c(s2)CN(Cc2ccccc2F)CC3)no1. The highest BCUT2D eigenvalue weighted by atomic mass is 32.1. The van der Waals surface area contributed by atoms with Gasteiger partial charge in [-0.2, -0.15) is 0 Å². The summed E-state index contributed by atoms with van der Waals surface area (Å²) in [7, 11) is 0. The molecule has 8 heteroatoms.